The number of alkyl halides is 6. The van der Waals surface area contributed by atoms with Crippen LogP contribution in [0.1, 0.15) is 41.7 Å². The van der Waals surface area contributed by atoms with Crippen LogP contribution in [-0.2, 0) is 6.18 Å². The molecule has 1 aliphatic rings. The van der Waals surface area contributed by atoms with Gasteiger partial charge < -0.3 is 10.6 Å². The number of benzene rings is 2. The summed E-state index contributed by atoms with van der Waals surface area (Å²) >= 11 is 5.76. The molecule has 3 aromatic rings. The van der Waals surface area contributed by atoms with E-state index in [-0.39, 0.29) is 45.5 Å². The largest absolute Gasteiger partial charge is 0.446 e. The number of hydrogen-bond acceptors (Lipinski definition) is 4. The molecule has 0 atom stereocenters. The topological polar surface area (TPSA) is 54.0 Å². The summed E-state index contributed by atoms with van der Waals surface area (Å²) in [5.74, 6) is -0.472. The molecular weight excluding hydrogens is 528 g/mol. The first-order valence-electron chi connectivity index (χ1n) is 11.0. The highest BCUT2D eigenvalue weighted by Gasteiger charge is 2.34. The molecule has 2 N–H and O–H groups in total. The average Bonchev–Trinajstić information content (AvgIpc) is 2.79. The first-order chi connectivity index (χ1) is 16.9. The minimum atomic E-state index is -4.61. The normalized spacial score (nSPS) is 18.8. The van der Waals surface area contributed by atoms with E-state index in [1.54, 1.807) is 6.07 Å². The number of pyridine rings is 1. The van der Waals surface area contributed by atoms with Crippen LogP contribution in [0.25, 0.3) is 10.9 Å². The quantitative estimate of drug-likeness (QED) is 0.254. The summed E-state index contributed by atoms with van der Waals surface area (Å²) in [6, 6.07) is 10.4. The third kappa shape index (κ3) is 6.76. The van der Waals surface area contributed by atoms with E-state index in [1.165, 1.54) is 36.4 Å². The standard InChI is InChI=1S/C24H20ClF6N3OS/c25-14-4-9-19-18(11-14)20(12-21(34-19)23(26,27)28)32-15-5-7-16(8-6-15)33-22(35)13-2-1-3-17(10-13)36-24(29,30)31/h1-4,9-12,15-16H,5-8H2,(H,32,34)(H,33,35). The van der Waals surface area contributed by atoms with Crippen molar-refractivity contribution in [2.75, 3.05) is 5.32 Å². The van der Waals surface area contributed by atoms with Gasteiger partial charge in [-0.05, 0) is 79.9 Å². The number of carbonyl (C=O) groups excluding carboxylic acids is 1. The Morgan fingerprint density at radius 2 is 1.64 bits per heavy atom. The number of thioether (sulfide) groups is 1. The molecule has 0 saturated heterocycles. The van der Waals surface area contributed by atoms with Gasteiger partial charge in [0.1, 0.15) is 5.69 Å². The zero-order valence-electron chi connectivity index (χ0n) is 18.5. The van der Waals surface area contributed by atoms with Gasteiger partial charge in [0.2, 0.25) is 0 Å². The summed E-state index contributed by atoms with van der Waals surface area (Å²) in [6.45, 7) is 0. The zero-order chi connectivity index (χ0) is 26.1. The summed E-state index contributed by atoms with van der Waals surface area (Å²) in [5.41, 5.74) is -4.88. The summed E-state index contributed by atoms with van der Waals surface area (Å²) in [4.78, 5) is 16.2. The van der Waals surface area contributed by atoms with E-state index < -0.39 is 23.3 Å². The van der Waals surface area contributed by atoms with E-state index in [2.05, 4.69) is 15.6 Å². The van der Waals surface area contributed by atoms with Gasteiger partial charge in [-0.3, -0.25) is 4.79 Å². The molecule has 1 aliphatic carbocycles. The lowest BCUT2D eigenvalue weighted by atomic mass is 9.90. The minimum absolute atomic E-state index is 0.0778. The minimum Gasteiger partial charge on any atom is -0.382 e. The maximum Gasteiger partial charge on any atom is 0.446 e. The number of anilines is 1. The molecule has 36 heavy (non-hydrogen) atoms. The number of carbonyl (C=O) groups is 1. The number of fused-ring (bicyclic) bond motifs is 1. The van der Waals surface area contributed by atoms with Crippen molar-refractivity contribution in [1.29, 1.82) is 0 Å². The van der Waals surface area contributed by atoms with E-state index in [0.717, 1.165) is 6.07 Å². The van der Waals surface area contributed by atoms with Crippen molar-refractivity contribution >= 4 is 45.9 Å². The second-order valence-electron chi connectivity index (χ2n) is 8.46. The molecule has 192 valence electrons. The fourth-order valence-corrected chi connectivity index (χ4v) is 4.94. The summed E-state index contributed by atoms with van der Waals surface area (Å²) in [6.07, 6.45) is -2.37. The van der Waals surface area contributed by atoms with Crippen LogP contribution in [0.2, 0.25) is 5.02 Å². The van der Waals surface area contributed by atoms with Crippen molar-refractivity contribution in [1.82, 2.24) is 10.3 Å². The number of nitrogens with one attached hydrogen (secondary N) is 2. The van der Waals surface area contributed by atoms with Crippen molar-refractivity contribution in [3.63, 3.8) is 0 Å². The Hall–Kier alpha value is -2.66. The third-order valence-corrected chi connectivity index (χ3v) is 6.77. The van der Waals surface area contributed by atoms with Gasteiger partial charge in [0.25, 0.3) is 5.91 Å². The highest BCUT2D eigenvalue weighted by atomic mass is 35.5. The molecule has 0 aliphatic heterocycles. The summed E-state index contributed by atoms with van der Waals surface area (Å²) in [5, 5.41) is 6.87. The average molecular weight is 548 g/mol. The number of hydrogen-bond donors (Lipinski definition) is 2. The number of amides is 1. The fraction of sp³-hybridized carbons (Fsp3) is 0.333. The predicted octanol–water partition coefficient (Wildman–Crippen LogP) is 7.67. The monoisotopic (exact) mass is 547 g/mol. The second-order valence-corrected chi connectivity index (χ2v) is 10.0. The van der Waals surface area contributed by atoms with Crippen molar-refractivity contribution < 1.29 is 31.1 Å². The van der Waals surface area contributed by atoms with Crippen LogP contribution in [0.15, 0.2) is 53.4 Å². The van der Waals surface area contributed by atoms with E-state index in [9.17, 15) is 31.1 Å². The van der Waals surface area contributed by atoms with Gasteiger partial charge in [0, 0.05) is 38.6 Å². The SMILES string of the molecule is O=C(NC1CCC(Nc2cc(C(F)(F)F)nc3ccc(Cl)cc23)CC1)c1cccc(SC(F)(F)F)c1. The number of nitrogens with zero attached hydrogens (tertiary/aromatic N) is 1. The van der Waals surface area contributed by atoms with Gasteiger partial charge in [-0.2, -0.15) is 26.3 Å². The fourth-order valence-electron chi connectivity index (χ4n) is 4.17. The van der Waals surface area contributed by atoms with E-state index in [0.29, 0.717) is 36.1 Å². The molecule has 2 aromatic carbocycles. The van der Waals surface area contributed by atoms with Gasteiger partial charge in [0.15, 0.2) is 0 Å². The smallest absolute Gasteiger partial charge is 0.382 e. The zero-order valence-corrected chi connectivity index (χ0v) is 20.1. The molecule has 0 radical (unpaired) electrons. The molecule has 4 rings (SSSR count). The first-order valence-corrected chi connectivity index (χ1v) is 12.2. The Labute approximate surface area is 211 Å². The third-order valence-electron chi connectivity index (χ3n) is 5.81. The van der Waals surface area contributed by atoms with Crippen LogP contribution in [0.4, 0.5) is 32.0 Å². The van der Waals surface area contributed by atoms with Crippen LogP contribution in [0.3, 0.4) is 0 Å². The lowest BCUT2D eigenvalue weighted by molar-refractivity contribution is -0.140. The van der Waals surface area contributed by atoms with Gasteiger partial charge in [-0.1, -0.05) is 17.7 Å². The molecule has 1 saturated carbocycles. The van der Waals surface area contributed by atoms with Gasteiger partial charge in [-0.25, -0.2) is 4.98 Å². The predicted molar refractivity (Wildman–Crippen MR) is 127 cm³/mol. The first kappa shape index (κ1) is 26.4. The Balaban J connectivity index is 1.40. The maximum absolute atomic E-state index is 13.4. The Morgan fingerprint density at radius 1 is 0.944 bits per heavy atom. The molecular formula is C24H20ClF6N3OS. The summed E-state index contributed by atoms with van der Waals surface area (Å²) in [7, 11) is 0. The van der Waals surface area contributed by atoms with Crippen LogP contribution in [0.5, 0.6) is 0 Å². The number of rotatable bonds is 5. The molecule has 1 amide bonds. The van der Waals surface area contributed by atoms with Crippen molar-refractivity contribution in [3.05, 3.63) is 64.8 Å². The van der Waals surface area contributed by atoms with E-state index >= 15 is 0 Å². The summed E-state index contributed by atoms with van der Waals surface area (Å²) < 4.78 is 77.9. The van der Waals surface area contributed by atoms with Crippen molar-refractivity contribution in [2.45, 2.75) is 54.3 Å². The van der Waals surface area contributed by atoms with Crippen molar-refractivity contribution in [2.24, 2.45) is 0 Å². The molecule has 1 fully saturated rings. The lowest BCUT2D eigenvalue weighted by Gasteiger charge is -2.31. The van der Waals surface area contributed by atoms with Crippen LogP contribution >= 0.6 is 23.4 Å². The maximum atomic E-state index is 13.4. The molecule has 0 spiro atoms. The Bertz CT molecular complexity index is 1260. The number of aromatic nitrogens is 1. The van der Waals surface area contributed by atoms with Crippen LogP contribution < -0.4 is 10.6 Å². The van der Waals surface area contributed by atoms with Gasteiger partial charge in [-0.15, -0.1) is 0 Å². The molecule has 0 bridgehead atoms. The Morgan fingerprint density at radius 3 is 2.31 bits per heavy atom. The van der Waals surface area contributed by atoms with Gasteiger partial charge in [0.05, 0.1) is 5.52 Å². The molecule has 1 aromatic heterocycles. The lowest BCUT2D eigenvalue weighted by Crippen LogP contribution is -2.40. The van der Waals surface area contributed by atoms with Crippen LogP contribution in [-0.4, -0.2) is 28.5 Å². The van der Waals surface area contributed by atoms with Crippen molar-refractivity contribution in [3.8, 4) is 0 Å². The molecule has 4 nitrogen and oxygen atoms in total. The number of halogens is 7. The van der Waals surface area contributed by atoms with E-state index in [4.69, 9.17) is 11.6 Å². The second kappa shape index (κ2) is 10.4. The molecule has 1 heterocycles. The Kier molecular flexibility index (Phi) is 7.61. The highest BCUT2D eigenvalue weighted by molar-refractivity contribution is 8.00. The van der Waals surface area contributed by atoms with Crippen LogP contribution in [0, 0.1) is 0 Å². The molecule has 12 heteroatoms. The van der Waals surface area contributed by atoms with Gasteiger partial charge >= 0.3 is 11.7 Å². The van der Waals surface area contributed by atoms with E-state index in [1.807, 2.05) is 0 Å². The molecule has 0 unspecified atom stereocenters. The highest BCUT2D eigenvalue weighted by Crippen LogP contribution is 2.37.